The maximum atomic E-state index is 10.8. The standard InChI is InChI=1S/C13H18INO/c1-2-9-13(16,15-10-7-8-10)11-5-3-4-6-12(11)14/h3-6,10,15-16H,2,7-9H2,1H3/t13-/m0/s1. The highest BCUT2D eigenvalue weighted by molar-refractivity contribution is 14.1. The van der Waals surface area contributed by atoms with E-state index in [0.717, 1.165) is 22.0 Å². The molecular weight excluding hydrogens is 313 g/mol. The van der Waals surface area contributed by atoms with Crippen LogP contribution in [0.2, 0.25) is 0 Å². The summed E-state index contributed by atoms with van der Waals surface area (Å²) in [6, 6.07) is 8.58. The van der Waals surface area contributed by atoms with Crippen molar-refractivity contribution in [3.8, 4) is 0 Å². The quantitative estimate of drug-likeness (QED) is 0.642. The molecule has 2 rings (SSSR count). The molecule has 0 bridgehead atoms. The molecule has 1 saturated carbocycles. The molecule has 1 aromatic carbocycles. The first-order valence-corrected chi connectivity index (χ1v) is 6.98. The van der Waals surface area contributed by atoms with Gasteiger partial charge in [0.15, 0.2) is 0 Å². The smallest absolute Gasteiger partial charge is 0.143 e. The van der Waals surface area contributed by atoms with Crippen LogP contribution in [0.4, 0.5) is 0 Å². The number of hydrogen-bond donors (Lipinski definition) is 2. The van der Waals surface area contributed by atoms with Gasteiger partial charge in [-0.3, -0.25) is 5.32 Å². The van der Waals surface area contributed by atoms with Crippen molar-refractivity contribution in [3.05, 3.63) is 33.4 Å². The topological polar surface area (TPSA) is 32.3 Å². The van der Waals surface area contributed by atoms with E-state index in [-0.39, 0.29) is 0 Å². The summed E-state index contributed by atoms with van der Waals surface area (Å²) >= 11 is 2.29. The Kier molecular flexibility index (Phi) is 3.87. The highest BCUT2D eigenvalue weighted by atomic mass is 127. The molecule has 2 nitrogen and oxygen atoms in total. The Hall–Kier alpha value is -0.130. The van der Waals surface area contributed by atoms with E-state index in [0.29, 0.717) is 6.04 Å². The van der Waals surface area contributed by atoms with Crippen LogP contribution >= 0.6 is 22.6 Å². The maximum absolute atomic E-state index is 10.8. The number of benzene rings is 1. The number of nitrogens with one attached hydrogen (secondary N) is 1. The molecule has 1 fully saturated rings. The zero-order chi connectivity index (χ0) is 11.6. The third-order valence-corrected chi connectivity index (χ3v) is 3.89. The molecule has 1 atom stereocenters. The van der Waals surface area contributed by atoms with Crippen LogP contribution in [0.15, 0.2) is 24.3 Å². The van der Waals surface area contributed by atoms with E-state index in [9.17, 15) is 5.11 Å². The van der Waals surface area contributed by atoms with Gasteiger partial charge < -0.3 is 5.11 Å². The van der Waals surface area contributed by atoms with Crippen molar-refractivity contribution >= 4 is 22.6 Å². The molecule has 0 heterocycles. The minimum atomic E-state index is -0.840. The lowest BCUT2D eigenvalue weighted by atomic mass is 9.98. The van der Waals surface area contributed by atoms with E-state index in [1.54, 1.807) is 0 Å². The molecule has 1 aliphatic rings. The molecule has 3 heteroatoms. The van der Waals surface area contributed by atoms with Crippen molar-refractivity contribution in [1.29, 1.82) is 0 Å². The fraction of sp³-hybridized carbons (Fsp3) is 0.538. The predicted octanol–water partition coefficient (Wildman–Crippen LogP) is 2.99. The summed E-state index contributed by atoms with van der Waals surface area (Å²) in [6.07, 6.45) is 4.12. The van der Waals surface area contributed by atoms with Gasteiger partial charge >= 0.3 is 0 Å². The van der Waals surface area contributed by atoms with Gasteiger partial charge in [0.25, 0.3) is 0 Å². The van der Waals surface area contributed by atoms with Gasteiger partial charge in [-0.1, -0.05) is 31.5 Å². The van der Waals surface area contributed by atoms with E-state index in [2.05, 4.69) is 34.8 Å². The van der Waals surface area contributed by atoms with Gasteiger partial charge in [-0.05, 0) is 47.9 Å². The first-order valence-electron chi connectivity index (χ1n) is 5.91. The van der Waals surface area contributed by atoms with E-state index in [1.807, 2.05) is 24.3 Å². The minimum absolute atomic E-state index is 0.507. The van der Waals surface area contributed by atoms with E-state index in [1.165, 1.54) is 12.8 Å². The number of halogens is 1. The van der Waals surface area contributed by atoms with Crippen LogP contribution in [0.3, 0.4) is 0 Å². The Balaban J connectivity index is 2.26. The Labute approximate surface area is 111 Å². The molecule has 0 aliphatic heterocycles. The van der Waals surface area contributed by atoms with Crippen molar-refractivity contribution in [3.63, 3.8) is 0 Å². The first-order chi connectivity index (χ1) is 7.65. The third-order valence-electron chi connectivity index (χ3n) is 2.95. The van der Waals surface area contributed by atoms with Crippen molar-refractivity contribution < 1.29 is 5.11 Å². The average Bonchev–Trinajstić information content (AvgIpc) is 3.02. The summed E-state index contributed by atoms with van der Waals surface area (Å²) in [5, 5.41) is 14.1. The fourth-order valence-electron chi connectivity index (χ4n) is 2.01. The molecule has 2 N–H and O–H groups in total. The van der Waals surface area contributed by atoms with Gasteiger partial charge in [0.1, 0.15) is 5.72 Å². The normalized spacial score (nSPS) is 19.4. The van der Waals surface area contributed by atoms with Gasteiger partial charge in [-0.25, -0.2) is 0 Å². The fourth-order valence-corrected chi connectivity index (χ4v) is 2.84. The van der Waals surface area contributed by atoms with Gasteiger partial charge in [0, 0.05) is 15.2 Å². The summed E-state index contributed by atoms with van der Waals surface area (Å²) in [5.74, 6) is 0. The monoisotopic (exact) mass is 331 g/mol. The molecule has 16 heavy (non-hydrogen) atoms. The van der Waals surface area contributed by atoms with Crippen LogP contribution < -0.4 is 5.32 Å². The Morgan fingerprint density at radius 1 is 1.44 bits per heavy atom. The second-order valence-corrected chi connectivity index (χ2v) is 5.67. The summed E-state index contributed by atoms with van der Waals surface area (Å²) < 4.78 is 1.13. The molecular formula is C13H18INO. The first kappa shape index (κ1) is 12.3. The molecule has 88 valence electrons. The zero-order valence-corrected chi connectivity index (χ0v) is 11.7. The Morgan fingerprint density at radius 2 is 2.12 bits per heavy atom. The lowest BCUT2D eigenvalue weighted by Crippen LogP contribution is -2.44. The molecule has 1 aliphatic carbocycles. The van der Waals surface area contributed by atoms with Crippen LogP contribution in [0, 0.1) is 3.57 Å². The van der Waals surface area contributed by atoms with Crippen molar-refractivity contribution in [1.82, 2.24) is 5.32 Å². The third kappa shape index (κ3) is 2.76. The molecule has 0 radical (unpaired) electrons. The number of rotatable bonds is 5. The molecule has 0 amide bonds. The molecule has 0 aromatic heterocycles. The largest absolute Gasteiger partial charge is 0.372 e. The van der Waals surface area contributed by atoms with Crippen LogP contribution in [-0.2, 0) is 5.72 Å². The van der Waals surface area contributed by atoms with Gasteiger partial charge in [0.05, 0.1) is 0 Å². The average molecular weight is 331 g/mol. The Morgan fingerprint density at radius 3 is 2.69 bits per heavy atom. The van der Waals surface area contributed by atoms with Crippen LogP contribution in [0.25, 0.3) is 0 Å². The van der Waals surface area contributed by atoms with E-state index < -0.39 is 5.72 Å². The van der Waals surface area contributed by atoms with Crippen molar-refractivity contribution in [2.45, 2.75) is 44.4 Å². The molecule has 1 aromatic rings. The SMILES string of the molecule is CCC[C@@](O)(NC1CC1)c1ccccc1I. The van der Waals surface area contributed by atoms with E-state index >= 15 is 0 Å². The highest BCUT2D eigenvalue weighted by Crippen LogP contribution is 2.32. The number of hydrogen-bond acceptors (Lipinski definition) is 2. The van der Waals surface area contributed by atoms with Crippen LogP contribution in [-0.4, -0.2) is 11.1 Å². The summed E-state index contributed by atoms with van der Waals surface area (Å²) in [5.41, 5.74) is 0.178. The van der Waals surface area contributed by atoms with Gasteiger partial charge in [-0.2, -0.15) is 0 Å². The van der Waals surface area contributed by atoms with Gasteiger partial charge in [-0.15, -0.1) is 0 Å². The van der Waals surface area contributed by atoms with Crippen molar-refractivity contribution in [2.75, 3.05) is 0 Å². The second kappa shape index (κ2) is 5.02. The molecule has 0 unspecified atom stereocenters. The molecule has 0 saturated heterocycles. The van der Waals surface area contributed by atoms with E-state index in [4.69, 9.17) is 0 Å². The summed E-state index contributed by atoms with van der Waals surface area (Å²) in [7, 11) is 0. The zero-order valence-electron chi connectivity index (χ0n) is 9.54. The maximum Gasteiger partial charge on any atom is 0.143 e. The second-order valence-electron chi connectivity index (χ2n) is 4.51. The van der Waals surface area contributed by atoms with Crippen molar-refractivity contribution in [2.24, 2.45) is 0 Å². The lowest BCUT2D eigenvalue weighted by molar-refractivity contribution is -0.0117. The Bertz CT molecular complexity index is 365. The van der Waals surface area contributed by atoms with Crippen LogP contribution in [0.1, 0.15) is 38.2 Å². The summed E-state index contributed by atoms with van der Waals surface area (Å²) in [6.45, 7) is 2.11. The van der Waals surface area contributed by atoms with Crippen LogP contribution in [0.5, 0.6) is 0 Å². The lowest BCUT2D eigenvalue weighted by Gasteiger charge is -2.30. The highest BCUT2D eigenvalue weighted by Gasteiger charge is 2.36. The minimum Gasteiger partial charge on any atom is -0.372 e. The summed E-state index contributed by atoms with van der Waals surface area (Å²) in [4.78, 5) is 0. The van der Waals surface area contributed by atoms with Gasteiger partial charge in [0.2, 0.25) is 0 Å². The molecule has 0 spiro atoms. The predicted molar refractivity (Wildman–Crippen MR) is 74.1 cm³/mol. The number of aliphatic hydroxyl groups is 1.